The highest BCUT2D eigenvalue weighted by Gasteiger charge is 1.97. The molecule has 0 aliphatic heterocycles. The number of thiophene rings is 1. The number of nitrogen functional groups attached to an aromatic ring is 1. The lowest BCUT2D eigenvalue weighted by molar-refractivity contribution is 0.539. The maximum atomic E-state index is 5.44. The Balaban J connectivity index is 1.93. The monoisotopic (exact) mass is 194 g/mol. The van der Waals surface area contributed by atoms with E-state index in [4.69, 9.17) is 5.73 Å². The fourth-order valence-electron chi connectivity index (χ4n) is 1.08. The van der Waals surface area contributed by atoms with Crippen molar-refractivity contribution < 1.29 is 0 Å². The predicted octanol–water partition coefficient (Wildman–Crippen LogP) is 1.16. The van der Waals surface area contributed by atoms with Crippen molar-refractivity contribution in [1.82, 2.24) is 15.0 Å². The number of aryl methyl sites for hydroxylation is 2. The van der Waals surface area contributed by atoms with E-state index in [1.165, 1.54) is 5.56 Å². The third-order valence-corrected chi connectivity index (χ3v) is 2.47. The molecule has 0 radical (unpaired) electrons. The second-order valence-corrected chi connectivity index (χ2v) is 3.53. The Morgan fingerprint density at radius 2 is 2.46 bits per heavy atom. The zero-order valence-electron chi connectivity index (χ0n) is 7.05. The number of hydrogen-bond acceptors (Lipinski definition) is 4. The number of anilines is 1. The Kier molecular flexibility index (Phi) is 2.27. The molecule has 0 aromatic carbocycles. The average molecular weight is 194 g/mol. The van der Waals surface area contributed by atoms with Gasteiger partial charge in [0.2, 0.25) is 0 Å². The first-order chi connectivity index (χ1) is 6.34. The van der Waals surface area contributed by atoms with Gasteiger partial charge in [0.15, 0.2) is 5.82 Å². The Morgan fingerprint density at radius 1 is 1.54 bits per heavy atom. The third kappa shape index (κ3) is 2.06. The Hall–Kier alpha value is -1.36. The van der Waals surface area contributed by atoms with Crippen molar-refractivity contribution in [3.8, 4) is 0 Å². The molecule has 0 unspecified atom stereocenters. The predicted molar refractivity (Wildman–Crippen MR) is 52.5 cm³/mol. The summed E-state index contributed by atoms with van der Waals surface area (Å²) in [5, 5.41) is 12.2. The van der Waals surface area contributed by atoms with E-state index >= 15 is 0 Å². The highest BCUT2D eigenvalue weighted by Crippen LogP contribution is 2.07. The van der Waals surface area contributed by atoms with Crippen molar-refractivity contribution in [3.05, 3.63) is 28.6 Å². The van der Waals surface area contributed by atoms with Gasteiger partial charge in [-0.15, -0.1) is 5.10 Å². The molecule has 2 aromatic heterocycles. The van der Waals surface area contributed by atoms with E-state index in [1.54, 1.807) is 22.3 Å². The summed E-state index contributed by atoms with van der Waals surface area (Å²) in [5.41, 5.74) is 6.76. The molecule has 0 bridgehead atoms. The van der Waals surface area contributed by atoms with Crippen molar-refractivity contribution >= 4 is 17.2 Å². The van der Waals surface area contributed by atoms with Gasteiger partial charge in [-0.2, -0.15) is 21.2 Å². The topological polar surface area (TPSA) is 56.7 Å². The minimum absolute atomic E-state index is 0.477. The fraction of sp³-hybridized carbons (Fsp3) is 0.250. The van der Waals surface area contributed by atoms with Crippen molar-refractivity contribution in [3.63, 3.8) is 0 Å². The zero-order chi connectivity index (χ0) is 9.10. The van der Waals surface area contributed by atoms with Gasteiger partial charge in [0, 0.05) is 0 Å². The van der Waals surface area contributed by atoms with Gasteiger partial charge >= 0.3 is 0 Å². The van der Waals surface area contributed by atoms with Gasteiger partial charge in [-0.3, -0.25) is 0 Å². The van der Waals surface area contributed by atoms with Crippen LogP contribution in [0, 0.1) is 0 Å². The Labute approximate surface area is 80.0 Å². The normalized spacial score (nSPS) is 10.5. The molecule has 4 nitrogen and oxygen atoms in total. The number of aromatic nitrogens is 3. The molecule has 0 aliphatic carbocycles. The summed E-state index contributed by atoms with van der Waals surface area (Å²) < 4.78 is 0. The van der Waals surface area contributed by atoms with E-state index in [0.717, 1.165) is 13.0 Å². The molecule has 68 valence electrons. The van der Waals surface area contributed by atoms with Crippen molar-refractivity contribution in [2.24, 2.45) is 0 Å². The second-order valence-electron chi connectivity index (χ2n) is 2.75. The highest BCUT2D eigenvalue weighted by atomic mass is 32.1. The molecular formula is C8H10N4S. The van der Waals surface area contributed by atoms with Gasteiger partial charge in [0.1, 0.15) is 0 Å². The standard InChI is InChI=1S/C8H10N4S/c9-8-5-10-12(11-8)3-1-7-2-4-13-6-7/h2,4-6H,1,3H2,(H2,9,11). The average Bonchev–Trinajstić information content (AvgIpc) is 2.71. The van der Waals surface area contributed by atoms with E-state index in [2.05, 4.69) is 27.0 Å². The summed E-state index contributed by atoms with van der Waals surface area (Å²) in [6.07, 6.45) is 2.52. The maximum absolute atomic E-state index is 5.44. The van der Waals surface area contributed by atoms with E-state index in [9.17, 15) is 0 Å². The van der Waals surface area contributed by atoms with Crippen molar-refractivity contribution in [2.75, 3.05) is 5.73 Å². The lowest BCUT2D eigenvalue weighted by Crippen LogP contribution is -2.04. The molecule has 0 spiro atoms. The summed E-state index contributed by atoms with van der Waals surface area (Å²) in [7, 11) is 0. The molecule has 0 saturated heterocycles. The SMILES string of the molecule is Nc1cnn(CCc2ccsc2)n1. The minimum Gasteiger partial charge on any atom is -0.381 e. The van der Waals surface area contributed by atoms with E-state index in [0.29, 0.717) is 5.82 Å². The summed E-state index contributed by atoms with van der Waals surface area (Å²) in [6.45, 7) is 0.786. The van der Waals surface area contributed by atoms with Crippen LogP contribution in [0.25, 0.3) is 0 Å². The first-order valence-electron chi connectivity index (χ1n) is 4.01. The van der Waals surface area contributed by atoms with Gasteiger partial charge in [-0.25, -0.2) is 0 Å². The molecule has 0 fully saturated rings. The fourth-order valence-corrected chi connectivity index (χ4v) is 1.79. The van der Waals surface area contributed by atoms with Crippen LogP contribution in [-0.4, -0.2) is 15.0 Å². The van der Waals surface area contributed by atoms with Crippen molar-refractivity contribution in [1.29, 1.82) is 0 Å². The summed E-state index contributed by atoms with van der Waals surface area (Å²) in [6, 6.07) is 2.11. The van der Waals surface area contributed by atoms with Gasteiger partial charge < -0.3 is 5.73 Å². The second kappa shape index (κ2) is 3.57. The quantitative estimate of drug-likeness (QED) is 0.797. The van der Waals surface area contributed by atoms with Crippen LogP contribution in [0.1, 0.15) is 5.56 Å². The van der Waals surface area contributed by atoms with Gasteiger partial charge in [0.05, 0.1) is 12.7 Å². The van der Waals surface area contributed by atoms with Crippen LogP contribution in [0.2, 0.25) is 0 Å². The van der Waals surface area contributed by atoms with Crippen LogP contribution in [0.5, 0.6) is 0 Å². The third-order valence-electron chi connectivity index (χ3n) is 1.73. The van der Waals surface area contributed by atoms with E-state index in [1.807, 2.05) is 0 Å². The summed E-state index contributed by atoms with van der Waals surface area (Å²) in [5.74, 6) is 0.477. The summed E-state index contributed by atoms with van der Waals surface area (Å²) >= 11 is 1.71. The van der Waals surface area contributed by atoms with Gasteiger partial charge in [0.25, 0.3) is 0 Å². The van der Waals surface area contributed by atoms with E-state index in [-0.39, 0.29) is 0 Å². The molecule has 0 aliphatic rings. The largest absolute Gasteiger partial charge is 0.381 e. The molecule has 0 amide bonds. The lowest BCUT2D eigenvalue weighted by atomic mass is 10.2. The van der Waals surface area contributed by atoms with E-state index < -0.39 is 0 Å². The zero-order valence-corrected chi connectivity index (χ0v) is 7.87. The summed E-state index contributed by atoms with van der Waals surface area (Å²) in [4.78, 5) is 1.62. The molecule has 2 N–H and O–H groups in total. The van der Waals surface area contributed by atoms with Crippen LogP contribution < -0.4 is 5.73 Å². The van der Waals surface area contributed by atoms with Crippen LogP contribution in [-0.2, 0) is 13.0 Å². The molecule has 13 heavy (non-hydrogen) atoms. The smallest absolute Gasteiger partial charge is 0.165 e. The van der Waals surface area contributed by atoms with Crippen LogP contribution in [0.3, 0.4) is 0 Å². The van der Waals surface area contributed by atoms with Crippen LogP contribution >= 0.6 is 11.3 Å². The molecule has 0 atom stereocenters. The molecule has 2 heterocycles. The first kappa shape index (κ1) is 8.25. The van der Waals surface area contributed by atoms with Crippen LogP contribution in [0.4, 0.5) is 5.82 Å². The molecule has 2 rings (SSSR count). The van der Waals surface area contributed by atoms with Gasteiger partial charge in [-0.1, -0.05) is 0 Å². The molecule has 2 aromatic rings. The number of nitrogens with zero attached hydrogens (tertiary/aromatic N) is 3. The Bertz CT molecular complexity index is 365. The number of rotatable bonds is 3. The lowest BCUT2D eigenvalue weighted by Gasteiger charge is -1.96. The minimum atomic E-state index is 0.477. The highest BCUT2D eigenvalue weighted by molar-refractivity contribution is 7.07. The molecule has 5 heteroatoms. The van der Waals surface area contributed by atoms with Crippen molar-refractivity contribution in [2.45, 2.75) is 13.0 Å². The van der Waals surface area contributed by atoms with Gasteiger partial charge in [-0.05, 0) is 28.8 Å². The first-order valence-corrected chi connectivity index (χ1v) is 4.95. The maximum Gasteiger partial charge on any atom is 0.165 e. The molecular weight excluding hydrogens is 184 g/mol. The Morgan fingerprint density at radius 3 is 3.08 bits per heavy atom. The van der Waals surface area contributed by atoms with Crippen LogP contribution in [0.15, 0.2) is 23.0 Å². The molecule has 0 saturated carbocycles. The number of nitrogens with two attached hydrogens (primary N) is 1. The number of hydrogen-bond donors (Lipinski definition) is 1.